The van der Waals surface area contributed by atoms with Gasteiger partial charge >= 0.3 is 0 Å². The quantitative estimate of drug-likeness (QED) is 0.604. The van der Waals surface area contributed by atoms with Crippen LogP contribution < -0.4 is 9.47 Å². The Balaban J connectivity index is 1.82. The minimum Gasteiger partial charge on any atom is -0.493 e. The minimum absolute atomic E-state index is 0.742. The van der Waals surface area contributed by atoms with Crippen molar-refractivity contribution in [1.82, 2.24) is 9.38 Å². The fourth-order valence-corrected chi connectivity index (χ4v) is 4.27. The summed E-state index contributed by atoms with van der Waals surface area (Å²) in [5.74, 6) is 2.24. The Hall–Kier alpha value is -2.49. The lowest BCUT2D eigenvalue weighted by molar-refractivity contribution is 0.353. The van der Waals surface area contributed by atoms with Crippen LogP contribution in [0.3, 0.4) is 0 Å². The SMILES string of the molecule is COc1ccc(-c2nc3ccc(C)cn3c2CC2CCCCC2)cc1OC. The van der Waals surface area contributed by atoms with E-state index < -0.39 is 0 Å². The molecule has 0 N–H and O–H groups in total. The zero-order valence-electron chi connectivity index (χ0n) is 16.5. The standard InChI is InChI=1S/C23H28N2O2/c1-16-9-12-22-24-23(18-10-11-20(26-2)21(14-18)27-3)19(25(22)15-16)13-17-7-5-4-6-8-17/h9-12,14-15,17H,4-8,13H2,1-3H3. The van der Waals surface area contributed by atoms with Crippen LogP contribution >= 0.6 is 0 Å². The molecule has 4 heteroatoms. The number of fused-ring (bicyclic) bond motifs is 1. The zero-order chi connectivity index (χ0) is 18.8. The molecule has 0 atom stereocenters. The van der Waals surface area contributed by atoms with E-state index in [1.54, 1.807) is 14.2 Å². The first-order chi connectivity index (χ1) is 13.2. The predicted molar refractivity (Wildman–Crippen MR) is 109 cm³/mol. The first kappa shape index (κ1) is 17.9. The minimum atomic E-state index is 0.742. The topological polar surface area (TPSA) is 35.8 Å². The maximum atomic E-state index is 5.52. The molecule has 3 aromatic rings. The van der Waals surface area contributed by atoms with Gasteiger partial charge in [0.15, 0.2) is 11.5 Å². The van der Waals surface area contributed by atoms with E-state index in [0.29, 0.717) is 0 Å². The number of ether oxygens (including phenoxy) is 2. The first-order valence-electron chi connectivity index (χ1n) is 9.89. The number of nitrogens with zero attached hydrogens (tertiary/aromatic N) is 2. The van der Waals surface area contributed by atoms with Crippen molar-refractivity contribution in [3.8, 4) is 22.8 Å². The van der Waals surface area contributed by atoms with Crippen molar-refractivity contribution in [3.05, 3.63) is 47.8 Å². The summed E-state index contributed by atoms with van der Waals surface area (Å²) < 4.78 is 13.2. The molecule has 0 bridgehead atoms. The summed E-state index contributed by atoms with van der Waals surface area (Å²) in [5, 5.41) is 0. The summed E-state index contributed by atoms with van der Waals surface area (Å²) in [6.45, 7) is 2.14. The zero-order valence-corrected chi connectivity index (χ0v) is 16.5. The number of aryl methyl sites for hydroxylation is 1. The van der Waals surface area contributed by atoms with Gasteiger partial charge in [0.2, 0.25) is 0 Å². The third kappa shape index (κ3) is 3.53. The Morgan fingerprint density at radius 1 is 1.00 bits per heavy atom. The molecule has 1 aliphatic rings. The summed E-state index contributed by atoms with van der Waals surface area (Å²) in [6, 6.07) is 10.3. The average molecular weight is 364 g/mol. The van der Waals surface area contributed by atoms with Crippen LogP contribution in [-0.2, 0) is 6.42 Å². The fraction of sp³-hybridized carbons (Fsp3) is 0.435. The third-order valence-corrected chi connectivity index (χ3v) is 5.73. The predicted octanol–water partition coefficient (Wildman–Crippen LogP) is 5.45. The van der Waals surface area contributed by atoms with Gasteiger partial charge in [0.25, 0.3) is 0 Å². The van der Waals surface area contributed by atoms with Gasteiger partial charge in [-0.3, -0.25) is 0 Å². The molecule has 1 aromatic carbocycles. The number of hydrogen-bond donors (Lipinski definition) is 0. The highest BCUT2D eigenvalue weighted by atomic mass is 16.5. The molecular weight excluding hydrogens is 336 g/mol. The Morgan fingerprint density at radius 2 is 1.78 bits per heavy atom. The van der Waals surface area contributed by atoms with Gasteiger partial charge in [-0.1, -0.05) is 38.2 Å². The molecule has 1 fully saturated rings. The van der Waals surface area contributed by atoms with Gasteiger partial charge in [-0.15, -0.1) is 0 Å². The van der Waals surface area contributed by atoms with Crippen LogP contribution in [0.1, 0.15) is 43.4 Å². The normalized spacial score (nSPS) is 15.2. The van der Waals surface area contributed by atoms with Gasteiger partial charge in [-0.2, -0.15) is 0 Å². The van der Waals surface area contributed by atoms with E-state index in [9.17, 15) is 0 Å². The second-order valence-corrected chi connectivity index (χ2v) is 7.62. The van der Waals surface area contributed by atoms with Crippen LogP contribution in [0, 0.1) is 12.8 Å². The van der Waals surface area contributed by atoms with E-state index in [4.69, 9.17) is 14.5 Å². The summed E-state index contributed by atoms with van der Waals surface area (Å²) in [5.41, 5.74) is 5.72. The second kappa shape index (κ2) is 7.63. The monoisotopic (exact) mass is 364 g/mol. The molecule has 27 heavy (non-hydrogen) atoms. The molecular formula is C23H28N2O2. The van der Waals surface area contributed by atoms with Gasteiger partial charge in [-0.05, 0) is 49.1 Å². The average Bonchev–Trinajstić information content (AvgIpc) is 3.06. The Bertz CT molecular complexity index is 939. The van der Waals surface area contributed by atoms with Crippen LogP contribution in [0.15, 0.2) is 36.5 Å². The number of hydrogen-bond acceptors (Lipinski definition) is 3. The van der Waals surface area contributed by atoms with Crippen molar-refractivity contribution >= 4 is 5.65 Å². The second-order valence-electron chi connectivity index (χ2n) is 7.62. The summed E-state index contributed by atoms with van der Waals surface area (Å²) in [7, 11) is 3.34. The molecule has 2 heterocycles. The van der Waals surface area contributed by atoms with Gasteiger partial charge in [-0.25, -0.2) is 4.98 Å². The smallest absolute Gasteiger partial charge is 0.161 e. The van der Waals surface area contributed by atoms with Crippen molar-refractivity contribution in [2.45, 2.75) is 45.4 Å². The van der Waals surface area contributed by atoms with Crippen molar-refractivity contribution in [2.75, 3.05) is 14.2 Å². The Labute approximate surface area is 161 Å². The van der Waals surface area contributed by atoms with E-state index in [1.165, 1.54) is 43.4 Å². The number of aromatic nitrogens is 2. The number of rotatable bonds is 5. The Kier molecular flexibility index (Phi) is 5.06. The number of benzene rings is 1. The van der Waals surface area contributed by atoms with Crippen LogP contribution in [0.25, 0.3) is 16.9 Å². The van der Waals surface area contributed by atoms with E-state index in [0.717, 1.165) is 40.7 Å². The Morgan fingerprint density at radius 3 is 2.52 bits per heavy atom. The summed E-state index contributed by atoms with van der Waals surface area (Å²) in [6.07, 6.45) is 10.0. The summed E-state index contributed by atoms with van der Waals surface area (Å²) in [4.78, 5) is 4.99. The van der Waals surface area contributed by atoms with Crippen molar-refractivity contribution < 1.29 is 9.47 Å². The molecule has 0 saturated heterocycles. The molecule has 0 unspecified atom stereocenters. The molecule has 1 aliphatic carbocycles. The van der Waals surface area contributed by atoms with E-state index in [-0.39, 0.29) is 0 Å². The van der Waals surface area contributed by atoms with E-state index in [2.05, 4.69) is 35.7 Å². The lowest BCUT2D eigenvalue weighted by Gasteiger charge is -2.22. The highest BCUT2D eigenvalue weighted by Crippen LogP contribution is 2.36. The van der Waals surface area contributed by atoms with Gasteiger partial charge in [0, 0.05) is 11.8 Å². The molecule has 0 amide bonds. The van der Waals surface area contributed by atoms with Crippen LogP contribution in [0.2, 0.25) is 0 Å². The molecule has 2 aromatic heterocycles. The van der Waals surface area contributed by atoms with Crippen molar-refractivity contribution in [1.29, 1.82) is 0 Å². The first-order valence-corrected chi connectivity index (χ1v) is 9.89. The molecule has 0 spiro atoms. The maximum absolute atomic E-state index is 5.52. The molecule has 1 saturated carbocycles. The van der Waals surface area contributed by atoms with Crippen molar-refractivity contribution in [2.24, 2.45) is 5.92 Å². The number of methoxy groups -OCH3 is 2. The highest BCUT2D eigenvalue weighted by Gasteiger charge is 2.21. The van der Waals surface area contributed by atoms with Gasteiger partial charge < -0.3 is 13.9 Å². The van der Waals surface area contributed by atoms with E-state index >= 15 is 0 Å². The van der Waals surface area contributed by atoms with E-state index in [1.807, 2.05) is 12.1 Å². The lowest BCUT2D eigenvalue weighted by Crippen LogP contribution is -2.11. The lowest BCUT2D eigenvalue weighted by atomic mass is 9.85. The highest BCUT2D eigenvalue weighted by molar-refractivity contribution is 5.69. The van der Waals surface area contributed by atoms with Gasteiger partial charge in [0.05, 0.1) is 25.6 Å². The maximum Gasteiger partial charge on any atom is 0.161 e. The van der Waals surface area contributed by atoms with Crippen LogP contribution in [0.4, 0.5) is 0 Å². The van der Waals surface area contributed by atoms with Gasteiger partial charge in [0.1, 0.15) is 5.65 Å². The molecule has 4 rings (SSSR count). The summed E-state index contributed by atoms with van der Waals surface area (Å²) >= 11 is 0. The number of imidazole rings is 1. The largest absolute Gasteiger partial charge is 0.493 e. The number of pyridine rings is 1. The van der Waals surface area contributed by atoms with Crippen LogP contribution in [-0.4, -0.2) is 23.6 Å². The molecule has 142 valence electrons. The van der Waals surface area contributed by atoms with Crippen molar-refractivity contribution in [3.63, 3.8) is 0 Å². The molecule has 4 nitrogen and oxygen atoms in total. The molecule has 0 aliphatic heterocycles. The van der Waals surface area contributed by atoms with Crippen LogP contribution in [0.5, 0.6) is 11.5 Å². The molecule has 0 radical (unpaired) electrons. The third-order valence-electron chi connectivity index (χ3n) is 5.73. The fourth-order valence-electron chi connectivity index (χ4n) is 4.27.